The second kappa shape index (κ2) is 4.75. The van der Waals surface area contributed by atoms with E-state index in [0.717, 1.165) is 25.9 Å². The highest BCUT2D eigenvalue weighted by Gasteiger charge is 2.22. The zero-order chi connectivity index (χ0) is 10.6. The van der Waals surface area contributed by atoms with E-state index in [-0.39, 0.29) is 17.4 Å². The molecule has 0 aliphatic carbocycles. The van der Waals surface area contributed by atoms with Crippen molar-refractivity contribution in [2.45, 2.75) is 39.2 Å². The van der Waals surface area contributed by atoms with Crippen molar-refractivity contribution in [2.75, 3.05) is 13.1 Å². The Kier molecular flexibility index (Phi) is 3.89. The fourth-order valence-electron chi connectivity index (χ4n) is 1.36. The van der Waals surface area contributed by atoms with Crippen LogP contribution in [0.25, 0.3) is 0 Å². The summed E-state index contributed by atoms with van der Waals surface area (Å²) in [6, 6.07) is 0. The predicted molar refractivity (Wildman–Crippen MR) is 54.6 cm³/mol. The van der Waals surface area contributed by atoms with E-state index in [1.807, 2.05) is 20.8 Å². The first-order valence-corrected chi connectivity index (χ1v) is 5.17. The van der Waals surface area contributed by atoms with Crippen LogP contribution in [-0.2, 0) is 9.63 Å². The number of hydroxylamine groups is 1. The highest BCUT2D eigenvalue weighted by atomic mass is 16.7. The quantitative estimate of drug-likeness (QED) is 0.649. The second-order valence-corrected chi connectivity index (χ2v) is 4.72. The second-order valence-electron chi connectivity index (χ2n) is 4.72. The van der Waals surface area contributed by atoms with E-state index >= 15 is 0 Å². The Bertz CT molecular complexity index is 193. The minimum atomic E-state index is -0.322. The van der Waals surface area contributed by atoms with Crippen LogP contribution in [0.5, 0.6) is 0 Å². The molecular formula is C10H20N2O2. The van der Waals surface area contributed by atoms with Crippen LogP contribution in [0, 0.1) is 5.92 Å². The maximum Gasteiger partial charge on any atom is 0.247 e. The number of piperidine rings is 1. The van der Waals surface area contributed by atoms with E-state index in [1.165, 1.54) is 0 Å². The molecular weight excluding hydrogens is 180 g/mol. The molecule has 0 spiro atoms. The third kappa shape index (κ3) is 4.07. The van der Waals surface area contributed by atoms with E-state index in [0.29, 0.717) is 0 Å². The Labute approximate surface area is 85.3 Å². The van der Waals surface area contributed by atoms with Gasteiger partial charge in [-0.25, -0.2) is 5.48 Å². The minimum absolute atomic E-state index is 0.00729. The Morgan fingerprint density at radius 3 is 2.71 bits per heavy atom. The van der Waals surface area contributed by atoms with Crippen LogP contribution in [0.15, 0.2) is 0 Å². The summed E-state index contributed by atoms with van der Waals surface area (Å²) in [6.45, 7) is 7.51. The summed E-state index contributed by atoms with van der Waals surface area (Å²) in [6.07, 6.45) is 2.01. The van der Waals surface area contributed by atoms with Gasteiger partial charge < -0.3 is 5.32 Å². The van der Waals surface area contributed by atoms with Crippen LogP contribution in [0.1, 0.15) is 33.6 Å². The van der Waals surface area contributed by atoms with Crippen molar-refractivity contribution in [3.8, 4) is 0 Å². The molecule has 1 aliphatic rings. The van der Waals surface area contributed by atoms with Gasteiger partial charge in [0.2, 0.25) is 5.91 Å². The average molecular weight is 200 g/mol. The lowest BCUT2D eigenvalue weighted by atomic mass is 9.99. The minimum Gasteiger partial charge on any atom is -0.316 e. The summed E-state index contributed by atoms with van der Waals surface area (Å²) in [5.41, 5.74) is 2.19. The molecule has 1 atom stereocenters. The molecule has 1 aliphatic heterocycles. The number of hydrogen-bond donors (Lipinski definition) is 2. The van der Waals surface area contributed by atoms with Crippen LogP contribution >= 0.6 is 0 Å². The standard InChI is InChI=1S/C10H20N2O2/c1-10(2,3)14-12-9(13)8-5-4-6-11-7-8/h8,11H,4-7H2,1-3H3,(H,12,13). The Balaban J connectivity index is 2.27. The van der Waals surface area contributed by atoms with Crippen molar-refractivity contribution < 1.29 is 9.63 Å². The third-order valence-corrected chi connectivity index (χ3v) is 2.13. The first-order valence-electron chi connectivity index (χ1n) is 5.17. The molecule has 0 aromatic heterocycles. The first kappa shape index (κ1) is 11.5. The van der Waals surface area contributed by atoms with Crippen LogP contribution in [0.4, 0.5) is 0 Å². The van der Waals surface area contributed by atoms with E-state index in [2.05, 4.69) is 10.8 Å². The zero-order valence-electron chi connectivity index (χ0n) is 9.22. The van der Waals surface area contributed by atoms with Gasteiger partial charge in [0.25, 0.3) is 0 Å². The van der Waals surface area contributed by atoms with Gasteiger partial charge >= 0.3 is 0 Å². The largest absolute Gasteiger partial charge is 0.316 e. The highest BCUT2D eigenvalue weighted by molar-refractivity contribution is 5.77. The Morgan fingerprint density at radius 2 is 2.21 bits per heavy atom. The average Bonchev–Trinajstić information content (AvgIpc) is 2.14. The van der Waals surface area contributed by atoms with Crippen LogP contribution in [0.2, 0.25) is 0 Å². The van der Waals surface area contributed by atoms with Crippen LogP contribution in [0.3, 0.4) is 0 Å². The predicted octanol–water partition coefficient (Wildman–Crippen LogP) is 0.832. The molecule has 1 fully saturated rings. The summed E-state index contributed by atoms with van der Waals surface area (Å²) >= 11 is 0. The maximum absolute atomic E-state index is 11.6. The molecule has 1 heterocycles. The van der Waals surface area contributed by atoms with Gasteiger partial charge in [0, 0.05) is 6.54 Å². The van der Waals surface area contributed by atoms with Gasteiger partial charge in [0.05, 0.1) is 11.5 Å². The summed E-state index contributed by atoms with van der Waals surface area (Å²) in [5.74, 6) is 0.0539. The maximum atomic E-state index is 11.6. The first-order chi connectivity index (χ1) is 6.49. The molecule has 0 aromatic rings. The number of hydrogen-bond acceptors (Lipinski definition) is 3. The molecule has 1 amide bonds. The van der Waals surface area contributed by atoms with E-state index in [4.69, 9.17) is 4.84 Å². The molecule has 4 nitrogen and oxygen atoms in total. The van der Waals surface area contributed by atoms with Crippen molar-refractivity contribution in [3.63, 3.8) is 0 Å². The Hall–Kier alpha value is -0.610. The molecule has 0 bridgehead atoms. The summed E-state index contributed by atoms with van der Waals surface area (Å²) < 4.78 is 0. The summed E-state index contributed by atoms with van der Waals surface area (Å²) in [5, 5.41) is 3.20. The molecule has 1 unspecified atom stereocenters. The number of amides is 1. The van der Waals surface area contributed by atoms with Gasteiger partial charge in [0.1, 0.15) is 0 Å². The monoisotopic (exact) mass is 200 g/mol. The molecule has 2 N–H and O–H groups in total. The van der Waals surface area contributed by atoms with Crippen LogP contribution < -0.4 is 10.8 Å². The topological polar surface area (TPSA) is 50.4 Å². The fourth-order valence-corrected chi connectivity index (χ4v) is 1.36. The molecule has 0 saturated carbocycles. The number of carbonyl (C=O) groups excluding carboxylic acids is 1. The fraction of sp³-hybridized carbons (Fsp3) is 0.900. The highest BCUT2D eigenvalue weighted by Crippen LogP contribution is 2.11. The zero-order valence-corrected chi connectivity index (χ0v) is 9.22. The van der Waals surface area contributed by atoms with Crippen molar-refractivity contribution in [3.05, 3.63) is 0 Å². The SMILES string of the molecule is CC(C)(C)ONC(=O)C1CCCNC1. The van der Waals surface area contributed by atoms with E-state index in [1.54, 1.807) is 0 Å². The molecule has 0 aromatic carbocycles. The van der Waals surface area contributed by atoms with Gasteiger partial charge in [0.15, 0.2) is 0 Å². The molecule has 1 saturated heterocycles. The van der Waals surface area contributed by atoms with Crippen LogP contribution in [-0.4, -0.2) is 24.6 Å². The van der Waals surface area contributed by atoms with Gasteiger partial charge in [-0.15, -0.1) is 0 Å². The number of rotatable bonds is 2. The van der Waals surface area contributed by atoms with Gasteiger partial charge in [-0.3, -0.25) is 9.63 Å². The summed E-state index contributed by atoms with van der Waals surface area (Å²) in [7, 11) is 0. The van der Waals surface area contributed by atoms with Crippen molar-refractivity contribution in [2.24, 2.45) is 5.92 Å². The number of carbonyl (C=O) groups is 1. The van der Waals surface area contributed by atoms with Gasteiger partial charge in [-0.2, -0.15) is 0 Å². The van der Waals surface area contributed by atoms with Crippen molar-refractivity contribution in [1.29, 1.82) is 0 Å². The Morgan fingerprint density at radius 1 is 1.50 bits per heavy atom. The van der Waals surface area contributed by atoms with E-state index < -0.39 is 0 Å². The number of nitrogens with one attached hydrogen (secondary N) is 2. The smallest absolute Gasteiger partial charge is 0.247 e. The lowest BCUT2D eigenvalue weighted by Crippen LogP contribution is -2.43. The molecule has 4 heteroatoms. The molecule has 82 valence electrons. The molecule has 14 heavy (non-hydrogen) atoms. The lowest BCUT2D eigenvalue weighted by molar-refractivity contribution is -0.150. The third-order valence-electron chi connectivity index (χ3n) is 2.13. The van der Waals surface area contributed by atoms with Gasteiger partial charge in [-0.1, -0.05) is 0 Å². The molecule has 1 rings (SSSR count). The lowest BCUT2D eigenvalue weighted by Gasteiger charge is -2.24. The van der Waals surface area contributed by atoms with Crippen molar-refractivity contribution >= 4 is 5.91 Å². The van der Waals surface area contributed by atoms with Gasteiger partial charge in [-0.05, 0) is 40.2 Å². The normalized spacial score (nSPS) is 23.2. The summed E-state index contributed by atoms with van der Waals surface area (Å²) in [4.78, 5) is 16.8. The van der Waals surface area contributed by atoms with Crippen molar-refractivity contribution in [1.82, 2.24) is 10.8 Å². The molecule has 0 radical (unpaired) electrons. The van der Waals surface area contributed by atoms with E-state index in [9.17, 15) is 4.79 Å².